The number of methoxy groups -OCH3 is 1. The van der Waals surface area contributed by atoms with Gasteiger partial charge in [0.2, 0.25) is 11.7 Å². The van der Waals surface area contributed by atoms with Gasteiger partial charge in [0.15, 0.2) is 0 Å². The number of aromatic nitrogens is 2. The van der Waals surface area contributed by atoms with Crippen molar-refractivity contribution >= 4 is 6.03 Å². The molecule has 0 spiro atoms. The highest BCUT2D eigenvalue weighted by molar-refractivity contribution is 5.74. The van der Waals surface area contributed by atoms with Crippen LogP contribution in [0.5, 0.6) is 5.75 Å². The third-order valence-corrected chi connectivity index (χ3v) is 5.76. The van der Waals surface area contributed by atoms with Gasteiger partial charge in [0.05, 0.1) is 13.0 Å². The third-order valence-electron chi connectivity index (χ3n) is 5.76. The average Bonchev–Trinajstić information content (AvgIpc) is 3.25. The van der Waals surface area contributed by atoms with Crippen LogP contribution in [0.2, 0.25) is 0 Å². The van der Waals surface area contributed by atoms with E-state index < -0.39 is 0 Å². The summed E-state index contributed by atoms with van der Waals surface area (Å²) in [4.78, 5) is 19.2. The second-order valence-electron chi connectivity index (χ2n) is 7.76. The molecule has 1 aliphatic heterocycles. The van der Waals surface area contributed by atoms with E-state index in [0.717, 1.165) is 43.5 Å². The van der Waals surface area contributed by atoms with Gasteiger partial charge in [0, 0.05) is 24.7 Å². The molecule has 2 amide bonds. The van der Waals surface area contributed by atoms with Gasteiger partial charge in [-0.2, -0.15) is 4.98 Å². The zero-order valence-corrected chi connectivity index (χ0v) is 16.4. The van der Waals surface area contributed by atoms with Gasteiger partial charge in [-0.15, -0.1) is 0 Å². The van der Waals surface area contributed by atoms with E-state index in [1.807, 2.05) is 29.2 Å². The minimum Gasteiger partial charge on any atom is -0.497 e. The highest BCUT2D eigenvalue weighted by Crippen LogP contribution is 2.29. The van der Waals surface area contributed by atoms with Crippen molar-refractivity contribution in [3.63, 3.8) is 0 Å². The maximum atomic E-state index is 12.7. The van der Waals surface area contributed by atoms with Crippen LogP contribution in [-0.2, 0) is 0 Å². The van der Waals surface area contributed by atoms with Crippen molar-refractivity contribution in [2.45, 2.75) is 56.9 Å². The Morgan fingerprint density at radius 2 is 2.07 bits per heavy atom. The maximum absolute atomic E-state index is 12.7. The second kappa shape index (κ2) is 8.63. The molecule has 1 atom stereocenters. The second-order valence-corrected chi connectivity index (χ2v) is 7.76. The van der Waals surface area contributed by atoms with E-state index in [1.165, 1.54) is 19.3 Å². The molecule has 1 aromatic carbocycles. The van der Waals surface area contributed by atoms with Crippen LogP contribution in [0, 0.1) is 0 Å². The number of benzene rings is 1. The van der Waals surface area contributed by atoms with Crippen molar-refractivity contribution in [2.75, 3.05) is 20.2 Å². The fourth-order valence-corrected chi connectivity index (χ4v) is 4.16. The van der Waals surface area contributed by atoms with Crippen LogP contribution in [0.4, 0.5) is 4.79 Å². The molecule has 1 aliphatic carbocycles. The Morgan fingerprint density at radius 3 is 2.89 bits per heavy atom. The first-order valence-electron chi connectivity index (χ1n) is 10.3. The summed E-state index contributed by atoms with van der Waals surface area (Å²) < 4.78 is 10.8. The molecule has 1 aromatic heterocycles. The Morgan fingerprint density at radius 1 is 1.21 bits per heavy atom. The lowest BCUT2D eigenvalue weighted by Crippen LogP contribution is -2.48. The van der Waals surface area contributed by atoms with E-state index in [2.05, 4.69) is 15.5 Å². The number of urea groups is 1. The molecule has 0 bridgehead atoms. The van der Waals surface area contributed by atoms with E-state index >= 15 is 0 Å². The molecule has 2 fully saturated rings. The topological polar surface area (TPSA) is 80.5 Å². The van der Waals surface area contributed by atoms with E-state index in [1.54, 1.807) is 7.11 Å². The van der Waals surface area contributed by atoms with Gasteiger partial charge in [0.1, 0.15) is 5.75 Å². The highest BCUT2D eigenvalue weighted by atomic mass is 16.5. The number of amides is 2. The summed E-state index contributed by atoms with van der Waals surface area (Å²) in [6.07, 6.45) is 7.79. The Hall–Kier alpha value is -2.57. The standard InChI is InChI=1S/C21H28N4O3/c1-27-18-11-5-7-15(13-18)19-23-20(28-24-19)16-8-6-12-25(14-16)21(26)22-17-9-3-2-4-10-17/h5,7,11,13,16-17H,2-4,6,8-10,12,14H2,1H3,(H,22,26)/t16-/m1/s1. The van der Waals surface area contributed by atoms with Gasteiger partial charge >= 0.3 is 6.03 Å². The number of rotatable bonds is 4. The largest absolute Gasteiger partial charge is 0.497 e. The first kappa shape index (κ1) is 18.8. The van der Waals surface area contributed by atoms with Crippen LogP contribution in [0.3, 0.4) is 0 Å². The number of ether oxygens (including phenoxy) is 1. The number of nitrogens with one attached hydrogen (secondary N) is 1. The van der Waals surface area contributed by atoms with Crippen molar-refractivity contribution in [3.05, 3.63) is 30.2 Å². The van der Waals surface area contributed by atoms with Crippen LogP contribution >= 0.6 is 0 Å². The van der Waals surface area contributed by atoms with Crippen molar-refractivity contribution in [3.8, 4) is 17.1 Å². The first-order chi connectivity index (χ1) is 13.7. The van der Waals surface area contributed by atoms with Crippen molar-refractivity contribution in [2.24, 2.45) is 0 Å². The molecule has 28 heavy (non-hydrogen) atoms. The number of hydrogen-bond acceptors (Lipinski definition) is 5. The normalized spacial score (nSPS) is 20.8. The molecule has 150 valence electrons. The molecule has 1 saturated carbocycles. The van der Waals surface area contributed by atoms with E-state index in [0.29, 0.717) is 24.3 Å². The summed E-state index contributed by atoms with van der Waals surface area (Å²) in [6.45, 7) is 1.41. The fraction of sp³-hybridized carbons (Fsp3) is 0.571. The summed E-state index contributed by atoms with van der Waals surface area (Å²) in [6, 6.07) is 7.98. The number of likely N-dealkylation sites (tertiary alicyclic amines) is 1. The predicted octanol–water partition coefficient (Wildman–Crippen LogP) is 3.97. The molecular weight excluding hydrogens is 356 g/mol. The summed E-state index contributed by atoms with van der Waals surface area (Å²) in [5, 5.41) is 7.35. The van der Waals surface area contributed by atoms with Crippen LogP contribution in [-0.4, -0.2) is 47.3 Å². The van der Waals surface area contributed by atoms with E-state index in [9.17, 15) is 4.79 Å². The molecule has 0 unspecified atom stereocenters. The molecule has 2 aromatic rings. The Labute approximate surface area is 165 Å². The smallest absolute Gasteiger partial charge is 0.317 e. The predicted molar refractivity (Wildman–Crippen MR) is 105 cm³/mol. The van der Waals surface area contributed by atoms with Crippen molar-refractivity contribution < 1.29 is 14.1 Å². The third kappa shape index (κ3) is 4.29. The average molecular weight is 384 g/mol. The Balaban J connectivity index is 1.40. The molecule has 2 heterocycles. The molecule has 7 heteroatoms. The van der Waals surface area contributed by atoms with Crippen molar-refractivity contribution in [1.82, 2.24) is 20.4 Å². The zero-order valence-electron chi connectivity index (χ0n) is 16.4. The number of carbonyl (C=O) groups is 1. The SMILES string of the molecule is COc1cccc(-c2noc([C@@H]3CCCN(C(=O)NC4CCCCC4)C3)n2)c1. The van der Waals surface area contributed by atoms with Gasteiger partial charge < -0.3 is 19.5 Å². The summed E-state index contributed by atoms with van der Waals surface area (Å²) in [5.74, 6) is 2.00. The van der Waals surface area contributed by atoms with Crippen LogP contribution in [0.25, 0.3) is 11.4 Å². The molecule has 0 radical (unpaired) electrons. The molecular formula is C21H28N4O3. The fourth-order valence-electron chi connectivity index (χ4n) is 4.16. The summed E-state index contributed by atoms with van der Waals surface area (Å²) in [7, 11) is 1.63. The lowest BCUT2D eigenvalue weighted by Gasteiger charge is -2.33. The maximum Gasteiger partial charge on any atom is 0.317 e. The monoisotopic (exact) mass is 384 g/mol. The minimum absolute atomic E-state index is 0.0455. The van der Waals surface area contributed by atoms with Gasteiger partial charge in [-0.3, -0.25) is 0 Å². The van der Waals surface area contributed by atoms with Gasteiger partial charge in [-0.05, 0) is 37.8 Å². The van der Waals surface area contributed by atoms with Crippen molar-refractivity contribution in [1.29, 1.82) is 0 Å². The Kier molecular flexibility index (Phi) is 5.78. The number of piperidine rings is 1. The minimum atomic E-state index is 0.0455. The van der Waals surface area contributed by atoms with Crippen LogP contribution < -0.4 is 10.1 Å². The molecule has 1 saturated heterocycles. The number of hydrogen-bond donors (Lipinski definition) is 1. The summed E-state index contributed by atoms with van der Waals surface area (Å²) >= 11 is 0. The van der Waals surface area contributed by atoms with Crippen LogP contribution in [0.1, 0.15) is 56.8 Å². The quantitative estimate of drug-likeness (QED) is 0.863. The van der Waals surface area contributed by atoms with E-state index in [-0.39, 0.29) is 11.9 Å². The molecule has 7 nitrogen and oxygen atoms in total. The lowest BCUT2D eigenvalue weighted by molar-refractivity contribution is 0.166. The van der Waals surface area contributed by atoms with Gasteiger partial charge in [-0.25, -0.2) is 4.79 Å². The molecule has 1 N–H and O–H groups in total. The Bertz CT molecular complexity index is 800. The van der Waals surface area contributed by atoms with Crippen LogP contribution in [0.15, 0.2) is 28.8 Å². The molecule has 2 aliphatic rings. The zero-order chi connectivity index (χ0) is 19.3. The highest BCUT2D eigenvalue weighted by Gasteiger charge is 2.29. The van der Waals surface area contributed by atoms with E-state index in [4.69, 9.17) is 9.26 Å². The lowest BCUT2D eigenvalue weighted by atomic mass is 9.95. The van der Waals surface area contributed by atoms with Gasteiger partial charge in [0.25, 0.3) is 0 Å². The van der Waals surface area contributed by atoms with Gasteiger partial charge in [-0.1, -0.05) is 36.6 Å². The number of nitrogens with zero attached hydrogens (tertiary/aromatic N) is 3. The number of carbonyl (C=O) groups excluding carboxylic acids is 1. The summed E-state index contributed by atoms with van der Waals surface area (Å²) in [5.41, 5.74) is 0.858. The first-order valence-corrected chi connectivity index (χ1v) is 10.3. The molecule has 4 rings (SSSR count).